The number of furan rings is 1. The lowest BCUT2D eigenvalue weighted by atomic mass is 9.93. The third kappa shape index (κ3) is 5.82. The van der Waals surface area contributed by atoms with Crippen molar-refractivity contribution in [3.8, 4) is 44.5 Å². The van der Waals surface area contributed by atoms with Crippen LogP contribution in [0.25, 0.3) is 88.0 Å². The molecule has 0 aliphatic heterocycles. The number of hydrogen-bond acceptors (Lipinski definition) is 2. The van der Waals surface area contributed by atoms with Gasteiger partial charge in [-0.25, -0.2) is 0 Å². The van der Waals surface area contributed by atoms with Gasteiger partial charge in [-0.2, -0.15) is 0 Å². The summed E-state index contributed by atoms with van der Waals surface area (Å²) in [5, 5.41) is 5.62. The van der Waals surface area contributed by atoms with Crippen molar-refractivity contribution >= 4 is 60.5 Å². The number of rotatable bonds is 7. The molecule has 0 aliphatic carbocycles. The molecule has 2 heteroatoms. The highest BCUT2D eigenvalue weighted by atomic mass is 16.3. The first kappa shape index (κ1) is 26.2. The van der Waals surface area contributed by atoms with E-state index in [1.807, 2.05) is 109 Å². The quantitative estimate of drug-likeness (QED) is 0.161. The Bertz CT molecular complexity index is 3690. The molecule has 0 radical (unpaired) electrons. The largest absolute Gasteiger partial charge is 0.455 e. The minimum Gasteiger partial charge on any atom is -0.455 e. The van der Waals surface area contributed by atoms with Crippen molar-refractivity contribution in [2.45, 2.75) is 0 Å². The van der Waals surface area contributed by atoms with Gasteiger partial charge in [-0.1, -0.05) is 182 Å². The summed E-state index contributed by atoms with van der Waals surface area (Å²) in [6.45, 7) is 0. The van der Waals surface area contributed by atoms with Gasteiger partial charge in [0.2, 0.25) is 0 Å². The van der Waals surface area contributed by atoms with E-state index in [9.17, 15) is 11.0 Å². The zero-order valence-electron chi connectivity index (χ0n) is 39.1. The summed E-state index contributed by atoms with van der Waals surface area (Å²) in [6.07, 6.45) is 0. The van der Waals surface area contributed by atoms with E-state index in [0.29, 0.717) is 28.0 Å². The van der Waals surface area contributed by atoms with Crippen LogP contribution >= 0.6 is 0 Å². The van der Waals surface area contributed by atoms with Crippen molar-refractivity contribution in [3.05, 3.63) is 224 Å². The average Bonchev–Trinajstić information content (AvgIpc) is 3.74. The monoisotopic (exact) mass is 747 g/mol. The van der Waals surface area contributed by atoms with Crippen molar-refractivity contribution in [2.24, 2.45) is 0 Å². The van der Waals surface area contributed by atoms with Gasteiger partial charge in [0, 0.05) is 33.1 Å². The van der Waals surface area contributed by atoms with Crippen LogP contribution in [0.3, 0.4) is 0 Å². The molecule has 10 aromatic carbocycles. The highest BCUT2D eigenvalue weighted by Gasteiger charge is 2.21. The number of fused-ring (bicyclic) bond motifs is 6. The number of para-hydroxylation sites is 2. The molecule has 0 amide bonds. The van der Waals surface area contributed by atoms with Crippen molar-refractivity contribution in [1.82, 2.24) is 0 Å². The van der Waals surface area contributed by atoms with E-state index in [4.69, 9.17) is 4.42 Å². The van der Waals surface area contributed by atoms with Gasteiger partial charge < -0.3 is 9.32 Å². The van der Waals surface area contributed by atoms with Crippen LogP contribution < -0.4 is 4.90 Å². The SMILES string of the molecule is [2H]c1c([2H])c(N(c2ccccc2-c2cc3c4ccccc4oc3c3ccccc23)c2c([2H])c([2H])c(-c3ccc(-c4cccc5ccccc45)cc3)c([2H])c2[2H])c([2H])c([2H])c1-c1ccccc1. The van der Waals surface area contributed by atoms with Crippen molar-refractivity contribution in [1.29, 1.82) is 0 Å². The Hall–Kier alpha value is -7.68. The molecule has 2 nitrogen and oxygen atoms in total. The van der Waals surface area contributed by atoms with Crippen LogP contribution in [0.15, 0.2) is 229 Å². The summed E-state index contributed by atoms with van der Waals surface area (Å²) in [6, 6.07) is 52.5. The molecule has 0 spiro atoms. The van der Waals surface area contributed by atoms with E-state index in [2.05, 4.69) is 18.2 Å². The Morgan fingerprint density at radius 3 is 1.62 bits per heavy atom. The lowest BCUT2D eigenvalue weighted by Crippen LogP contribution is -2.11. The molecule has 11 aromatic rings. The standard InChI is InChI=1S/C56H37NO/c1-2-13-38(14-3-1)40-29-33-44(34-30-40)57(45-35-31-41(32-36-45)39-25-27-43(28-26-39)47-22-12-16-42-15-4-5-17-46(42)47)54-23-10-8-19-49(54)52-37-53-50-20-9-11-24-55(50)58-56(53)51-21-7-6-18-48(51)52/h1-37H/i29D,30D,31D,32D,33D,34D,35D,36D. The Morgan fingerprint density at radius 2 is 0.879 bits per heavy atom. The van der Waals surface area contributed by atoms with Crippen LogP contribution in [-0.2, 0) is 0 Å². The molecule has 0 aliphatic rings. The molecule has 0 unspecified atom stereocenters. The van der Waals surface area contributed by atoms with Crippen LogP contribution in [0.5, 0.6) is 0 Å². The Labute approximate surface area is 348 Å². The Kier molecular flexibility index (Phi) is 6.38. The van der Waals surface area contributed by atoms with Gasteiger partial charge in [0.25, 0.3) is 0 Å². The molecule has 0 bridgehead atoms. The van der Waals surface area contributed by atoms with Gasteiger partial charge >= 0.3 is 0 Å². The van der Waals surface area contributed by atoms with Gasteiger partial charge in [-0.3, -0.25) is 0 Å². The van der Waals surface area contributed by atoms with Gasteiger partial charge in [0.15, 0.2) is 0 Å². The lowest BCUT2D eigenvalue weighted by Gasteiger charge is -2.28. The second-order valence-electron chi connectivity index (χ2n) is 14.2. The summed E-state index contributed by atoms with van der Waals surface area (Å²) in [5.74, 6) is 0. The maximum absolute atomic E-state index is 9.77. The molecule has 1 aromatic heterocycles. The van der Waals surface area contributed by atoms with Gasteiger partial charge in [-0.15, -0.1) is 0 Å². The first-order valence-electron chi connectivity index (χ1n) is 23.2. The van der Waals surface area contributed by atoms with Gasteiger partial charge in [-0.05, 0) is 97.5 Å². The molecule has 0 N–H and O–H groups in total. The van der Waals surface area contributed by atoms with E-state index in [1.54, 1.807) is 48.5 Å². The highest BCUT2D eigenvalue weighted by molar-refractivity contribution is 6.20. The Balaban J connectivity index is 1.17. The number of benzene rings is 10. The van der Waals surface area contributed by atoms with Crippen LogP contribution in [0.2, 0.25) is 0 Å². The third-order valence-electron chi connectivity index (χ3n) is 10.8. The second-order valence-corrected chi connectivity index (χ2v) is 14.2. The predicted octanol–water partition coefficient (Wildman–Crippen LogP) is 16.0. The Morgan fingerprint density at radius 1 is 0.345 bits per heavy atom. The fourth-order valence-corrected chi connectivity index (χ4v) is 8.04. The predicted molar refractivity (Wildman–Crippen MR) is 245 cm³/mol. The average molecular weight is 748 g/mol. The van der Waals surface area contributed by atoms with E-state index in [-0.39, 0.29) is 46.7 Å². The molecule has 11 rings (SSSR count). The van der Waals surface area contributed by atoms with Gasteiger partial charge in [0.1, 0.15) is 11.2 Å². The molecule has 0 atom stereocenters. The maximum atomic E-state index is 9.77. The van der Waals surface area contributed by atoms with E-state index in [0.717, 1.165) is 54.6 Å². The van der Waals surface area contributed by atoms with E-state index in [1.165, 1.54) is 4.90 Å². The van der Waals surface area contributed by atoms with Crippen molar-refractivity contribution in [3.63, 3.8) is 0 Å². The summed E-state index contributed by atoms with van der Waals surface area (Å²) in [4.78, 5) is 1.39. The summed E-state index contributed by atoms with van der Waals surface area (Å²) >= 11 is 0. The number of anilines is 3. The first-order chi connectivity index (χ1) is 32.1. The van der Waals surface area contributed by atoms with E-state index >= 15 is 0 Å². The molecule has 0 saturated heterocycles. The molecule has 1 heterocycles. The fraction of sp³-hybridized carbons (Fsp3) is 0. The summed E-state index contributed by atoms with van der Waals surface area (Å²) in [7, 11) is 0. The molecular formula is C56H37NO. The third-order valence-corrected chi connectivity index (χ3v) is 10.8. The first-order valence-corrected chi connectivity index (χ1v) is 19.2. The normalized spacial score (nSPS) is 13.4. The summed E-state index contributed by atoms with van der Waals surface area (Å²) < 4.78 is 83.1. The molecule has 272 valence electrons. The van der Waals surface area contributed by atoms with Crippen molar-refractivity contribution < 1.29 is 15.4 Å². The second kappa shape index (κ2) is 14.1. The molecule has 0 fully saturated rings. The fourth-order valence-electron chi connectivity index (χ4n) is 8.04. The molecule has 58 heavy (non-hydrogen) atoms. The molecular weight excluding hydrogens is 703 g/mol. The lowest BCUT2D eigenvalue weighted by molar-refractivity contribution is 0.672. The smallest absolute Gasteiger partial charge is 0.143 e. The van der Waals surface area contributed by atoms with Crippen LogP contribution in [0.4, 0.5) is 17.1 Å². The highest BCUT2D eigenvalue weighted by Crippen LogP contribution is 2.46. The number of hydrogen-bond donors (Lipinski definition) is 0. The topological polar surface area (TPSA) is 16.4 Å². The molecule has 0 saturated carbocycles. The van der Waals surface area contributed by atoms with Crippen LogP contribution in [-0.4, -0.2) is 0 Å². The minimum atomic E-state index is -0.413. The van der Waals surface area contributed by atoms with Gasteiger partial charge in [0.05, 0.1) is 16.7 Å². The van der Waals surface area contributed by atoms with Crippen LogP contribution in [0, 0.1) is 0 Å². The number of nitrogens with zero attached hydrogens (tertiary/aromatic N) is 1. The maximum Gasteiger partial charge on any atom is 0.143 e. The zero-order valence-corrected chi connectivity index (χ0v) is 31.1. The van der Waals surface area contributed by atoms with Crippen molar-refractivity contribution in [2.75, 3.05) is 4.90 Å². The minimum absolute atomic E-state index is 0.0914. The zero-order chi connectivity index (χ0) is 45.4. The summed E-state index contributed by atoms with van der Waals surface area (Å²) in [5.41, 5.74) is 5.80. The van der Waals surface area contributed by atoms with E-state index < -0.39 is 24.2 Å². The van der Waals surface area contributed by atoms with Crippen LogP contribution in [0.1, 0.15) is 11.0 Å².